The van der Waals surface area contributed by atoms with Crippen molar-refractivity contribution < 1.29 is 26.5 Å². The second kappa shape index (κ2) is 7.22. The van der Waals surface area contributed by atoms with Crippen molar-refractivity contribution in [3.63, 3.8) is 0 Å². The molecular weight excluding hydrogens is 364 g/mol. The SMILES string of the molecule is CCOc1ccc(S(=O)(=O)N2CC[NH+]([C@@H]3CCS(=O)(=O)C3)CC2)cc1. The van der Waals surface area contributed by atoms with Gasteiger partial charge in [0.25, 0.3) is 0 Å². The van der Waals surface area contributed by atoms with E-state index in [1.54, 1.807) is 24.3 Å². The molecule has 1 atom stereocenters. The molecule has 9 heteroatoms. The Morgan fingerprint density at radius 3 is 2.36 bits per heavy atom. The zero-order chi connectivity index (χ0) is 18.1. The summed E-state index contributed by atoms with van der Waals surface area (Å²) in [5, 5.41) is 0. The van der Waals surface area contributed by atoms with E-state index in [-0.39, 0.29) is 22.4 Å². The van der Waals surface area contributed by atoms with Crippen molar-refractivity contribution in [2.45, 2.75) is 24.3 Å². The molecule has 1 aromatic carbocycles. The molecule has 2 saturated heterocycles. The zero-order valence-electron chi connectivity index (χ0n) is 14.3. The van der Waals surface area contributed by atoms with E-state index in [0.29, 0.717) is 45.0 Å². The number of piperazine rings is 1. The lowest BCUT2D eigenvalue weighted by atomic mass is 10.2. The molecule has 0 bridgehead atoms. The van der Waals surface area contributed by atoms with Crippen LogP contribution in [-0.4, -0.2) is 71.5 Å². The minimum Gasteiger partial charge on any atom is -0.494 e. The molecule has 1 N–H and O–H groups in total. The molecule has 0 amide bonds. The average Bonchev–Trinajstić information content (AvgIpc) is 2.96. The predicted molar refractivity (Wildman–Crippen MR) is 94.1 cm³/mol. The first kappa shape index (κ1) is 18.6. The molecule has 2 heterocycles. The molecule has 0 saturated carbocycles. The second-order valence-corrected chi connectivity index (χ2v) is 10.7. The second-order valence-electron chi connectivity index (χ2n) is 6.57. The fourth-order valence-electron chi connectivity index (χ4n) is 3.56. The molecule has 0 aliphatic carbocycles. The van der Waals surface area contributed by atoms with Crippen molar-refractivity contribution in [1.29, 1.82) is 0 Å². The molecule has 3 rings (SSSR count). The monoisotopic (exact) mass is 389 g/mol. The predicted octanol–water partition coefficient (Wildman–Crippen LogP) is -0.838. The maximum Gasteiger partial charge on any atom is 0.243 e. The first-order valence-electron chi connectivity index (χ1n) is 8.60. The van der Waals surface area contributed by atoms with Crippen LogP contribution in [0.15, 0.2) is 29.2 Å². The highest BCUT2D eigenvalue weighted by atomic mass is 32.2. The number of nitrogens with one attached hydrogen (secondary N) is 1. The quantitative estimate of drug-likeness (QED) is 0.710. The maximum atomic E-state index is 12.8. The van der Waals surface area contributed by atoms with Gasteiger partial charge in [-0.15, -0.1) is 0 Å². The summed E-state index contributed by atoms with van der Waals surface area (Å²) in [6.07, 6.45) is 0.684. The summed E-state index contributed by atoms with van der Waals surface area (Å²) in [5.41, 5.74) is 0. The highest BCUT2D eigenvalue weighted by Gasteiger charge is 2.38. The number of sulfone groups is 1. The highest BCUT2D eigenvalue weighted by molar-refractivity contribution is 7.91. The summed E-state index contributed by atoms with van der Waals surface area (Å²) >= 11 is 0. The largest absolute Gasteiger partial charge is 0.494 e. The van der Waals surface area contributed by atoms with Gasteiger partial charge in [0.15, 0.2) is 9.84 Å². The van der Waals surface area contributed by atoms with E-state index in [4.69, 9.17) is 4.74 Å². The molecule has 140 valence electrons. The number of hydrogen-bond donors (Lipinski definition) is 1. The van der Waals surface area contributed by atoms with E-state index >= 15 is 0 Å². The number of ether oxygens (including phenoxy) is 1. The van der Waals surface area contributed by atoms with E-state index < -0.39 is 19.9 Å². The normalized spacial score (nSPS) is 25.1. The van der Waals surface area contributed by atoms with Crippen molar-refractivity contribution in [1.82, 2.24) is 4.31 Å². The molecule has 0 spiro atoms. The van der Waals surface area contributed by atoms with Crippen LogP contribution in [-0.2, 0) is 19.9 Å². The summed E-state index contributed by atoms with van der Waals surface area (Å²) < 4.78 is 55.6. The van der Waals surface area contributed by atoms with Crippen LogP contribution < -0.4 is 9.64 Å². The molecule has 1 aromatic rings. The third-order valence-electron chi connectivity index (χ3n) is 4.95. The van der Waals surface area contributed by atoms with E-state index in [9.17, 15) is 16.8 Å². The molecule has 2 fully saturated rings. The average molecular weight is 390 g/mol. The van der Waals surface area contributed by atoms with Crippen molar-refractivity contribution in [2.24, 2.45) is 0 Å². The van der Waals surface area contributed by atoms with Gasteiger partial charge in [0, 0.05) is 6.42 Å². The minimum atomic E-state index is -3.52. The Hall–Kier alpha value is -1.16. The smallest absolute Gasteiger partial charge is 0.243 e. The highest BCUT2D eigenvalue weighted by Crippen LogP contribution is 2.20. The van der Waals surface area contributed by atoms with Gasteiger partial charge in [-0.05, 0) is 31.2 Å². The molecule has 0 aromatic heterocycles. The number of hydrogen-bond acceptors (Lipinski definition) is 5. The summed E-state index contributed by atoms with van der Waals surface area (Å²) in [6, 6.07) is 6.59. The molecule has 0 unspecified atom stereocenters. The van der Waals surface area contributed by atoms with Gasteiger partial charge in [-0.25, -0.2) is 16.8 Å². The third kappa shape index (κ3) is 4.16. The van der Waals surface area contributed by atoms with Gasteiger partial charge in [-0.2, -0.15) is 4.31 Å². The van der Waals surface area contributed by atoms with Crippen LogP contribution in [0.2, 0.25) is 0 Å². The van der Waals surface area contributed by atoms with Gasteiger partial charge in [-0.3, -0.25) is 0 Å². The zero-order valence-corrected chi connectivity index (χ0v) is 16.0. The Kier molecular flexibility index (Phi) is 5.38. The molecule has 7 nitrogen and oxygen atoms in total. The van der Waals surface area contributed by atoms with Crippen LogP contribution >= 0.6 is 0 Å². The number of nitrogens with zero attached hydrogens (tertiary/aromatic N) is 1. The molecule has 25 heavy (non-hydrogen) atoms. The fraction of sp³-hybridized carbons (Fsp3) is 0.625. The topological polar surface area (TPSA) is 85.2 Å². The first-order valence-corrected chi connectivity index (χ1v) is 11.9. The Labute approximate surface area is 149 Å². The summed E-state index contributed by atoms with van der Waals surface area (Å²) in [4.78, 5) is 1.47. The maximum absolute atomic E-state index is 12.8. The van der Waals surface area contributed by atoms with Gasteiger partial charge >= 0.3 is 0 Å². The Morgan fingerprint density at radius 1 is 1.20 bits per heavy atom. The number of benzene rings is 1. The molecular formula is C16H25N2O5S2+. The number of rotatable bonds is 5. The Morgan fingerprint density at radius 2 is 1.84 bits per heavy atom. The van der Waals surface area contributed by atoms with Crippen LogP contribution in [0, 0.1) is 0 Å². The van der Waals surface area contributed by atoms with Crippen LogP contribution in [0.1, 0.15) is 13.3 Å². The molecule has 2 aliphatic heterocycles. The van der Waals surface area contributed by atoms with Gasteiger partial charge in [-0.1, -0.05) is 0 Å². The van der Waals surface area contributed by atoms with Gasteiger partial charge in [0.2, 0.25) is 10.0 Å². The van der Waals surface area contributed by atoms with Crippen molar-refractivity contribution in [3.05, 3.63) is 24.3 Å². The van der Waals surface area contributed by atoms with Crippen LogP contribution in [0.4, 0.5) is 0 Å². The lowest BCUT2D eigenvalue weighted by Gasteiger charge is -2.34. The van der Waals surface area contributed by atoms with Crippen LogP contribution in [0.5, 0.6) is 5.75 Å². The minimum absolute atomic E-state index is 0.111. The molecule has 0 radical (unpaired) electrons. The number of sulfonamides is 1. The van der Waals surface area contributed by atoms with Gasteiger partial charge < -0.3 is 9.64 Å². The Balaban J connectivity index is 1.63. The standard InChI is InChI=1S/C16H24N2O5S2/c1-2-23-15-3-5-16(6-4-15)25(21,22)18-10-8-17(9-11-18)14-7-12-24(19,20)13-14/h3-6,14H,2,7-13H2,1H3/p+1/t14-/m1/s1. The third-order valence-corrected chi connectivity index (χ3v) is 8.63. The lowest BCUT2D eigenvalue weighted by Crippen LogP contribution is -3.18. The molecule has 2 aliphatic rings. The number of quaternary nitrogens is 1. The van der Waals surface area contributed by atoms with Crippen molar-refractivity contribution in [3.8, 4) is 5.75 Å². The van der Waals surface area contributed by atoms with Crippen LogP contribution in [0.25, 0.3) is 0 Å². The summed E-state index contributed by atoms with van der Waals surface area (Å²) in [6.45, 7) is 4.55. The van der Waals surface area contributed by atoms with E-state index in [0.717, 1.165) is 0 Å². The fourth-order valence-corrected chi connectivity index (χ4v) is 6.83. The van der Waals surface area contributed by atoms with E-state index in [1.807, 2.05) is 6.92 Å². The van der Waals surface area contributed by atoms with Crippen LogP contribution in [0.3, 0.4) is 0 Å². The van der Waals surface area contributed by atoms with E-state index in [2.05, 4.69) is 0 Å². The lowest BCUT2D eigenvalue weighted by molar-refractivity contribution is -0.925. The Bertz CT molecular complexity index is 797. The van der Waals surface area contributed by atoms with Gasteiger partial charge in [0.05, 0.1) is 43.4 Å². The van der Waals surface area contributed by atoms with Gasteiger partial charge in [0.1, 0.15) is 17.5 Å². The summed E-state index contributed by atoms with van der Waals surface area (Å²) in [7, 11) is -6.42. The van der Waals surface area contributed by atoms with E-state index in [1.165, 1.54) is 9.21 Å². The van der Waals surface area contributed by atoms with Crippen molar-refractivity contribution in [2.75, 3.05) is 44.3 Å². The van der Waals surface area contributed by atoms with Crippen molar-refractivity contribution >= 4 is 19.9 Å². The first-order chi connectivity index (χ1) is 11.8. The summed E-state index contributed by atoms with van der Waals surface area (Å²) in [5.74, 6) is 1.14.